The Morgan fingerprint density at radius 2 is 2.12 bits per heavy atom. The van der Waals surface area contributed by atoms with Gasteiger partial charge in [0.2, 0.25) is 0 Å². The fourth-order valence-electron chi connectivity index (χ4n) is 2.21. The number of benzene rings is 1. The maximum absolute atomic E-state index is 12.4. The van der Waals surface area contributed by atoms with E-state index in [9.17, 15) is 9.59 Å². The van der Waals surface area contributed by atoms with E-state index in [4.69, 9.17) is 4.74 Å². The van der Waals surface area contributed by atoms with Crippen LogP contribution in [-0.2, 0) is 16.0 Å². The van der Waals surface area contributed by atoms with Crippen molar-refractivity contribution < 1.29 is 14.3 Å². The van der Waals surface area contributed by atoms with E-state index in [1.807, 2.05) is 31.2 Å². The summed E-state index contributed by atoms with van der Waals surface area (Å²) < 4.78 is 5.01. The summed E-state index contributed by atoms with van der Waals surface area (Å²) in [6, 6.07) is 7.65. The standard InChI is InChI=1S/C14H16O3/c1-10(15)17-9-14(2)8-7-11-5-3-4-6-12(11)13(14)16/h3-6H,7-9H2,1-2H3. The van der Waals surface area contributed by atoms with Gasteiger partial charge >= 0.3 is 5.97 Å². The number of ketones is 1. The monoisotopic (exact) mass is 232 g/mol. The predicted octanol–water partition coefficient (Wildman–Crippen LogP) is 2.38. The molecule has 0 saturated carbocycles. The lowest BCUT2D eigenvalue weighted by Crippen LogP contribution is -2.37. The molecular weight excluding hydrogens is 216 g/mol. The summed E-state index contributed by atoms with van der Waals surface area (Å²) in [6.07, 6.45) is 1.59. The third-order valence-corrected chi connectivity index (χ3v) is 3.35. The van der Waals surface area contributed by atoms with E-state index in [-0.39, 0.29) is 18.4 Å². The maximum atomic E-state index is 12.4. The largest absolute Gasteiger partial charge is 0.465 e. The van der Waals surface area contributed by atoms with Gasteiger partial charge in [0, 0.05) is 12.5 Å². The van der Waals surface area contributed by atoms with E-state index < -0.39 is 5.41 Å². The van der Waals surface area contributed by atoms with Crippen molar-refractivity contribution in [3.63, 3.8) is 0 Å². The van der Waals surface area contributed by atoms with E-state index in [2.05, 4.69) is 0 Å². The molecule has 0 aliphatic heterocycles. The Morgan fingerprint density at radius 3 is 2.82 bits per heavy atom. The van der Waals surface area contributed by atoms with Crippen molar-refractivity contribution in [1.82, 2.24) is 0 Å². The Balaban J connectivity index is 2.24. The molecule has 17 heavy (non-hydrogen) atoms. The van der Waals surface area contributed by atoms with Crippen LogP contribution in [0.1, 0.15) is 36.2 Å². The predicted molar refractivity (Wildman–Crippen MR) is 63.8 cm³/mol. The van der Waals surface area contributed by atoms with Crippen LogP contribution in [0, 0.1) is 5.41 Å². The fourth-order valence-corrected chi connectivity index (χ4v) is 2.21. The zero-order valence-electron chi connectivity index (χ0n) is 10.2. The molecule has 1 aliphatic carbocycles. The van der Waals surface area contributed by atoms with Gasteiger partial charge in [0.05, 0.1) is 5.41 Å². The van der Waals surface area contributed by atoms with E-state index >= 15 is 0 Å². The van der Waals surface area contributed by atoms with Crippen molar-refractivity contribution in [3.8, 4) is 0 Å². The van der Waals surface area contributed by atoms with Crippen molar-refractivity contribution in [3.05, 3.63) is 35.4 Å². The van der Waals surface area contributed by atoms with Gasteiger partial charge in [-0.15, -0.1) is 0 Å². The number of rotatable bonds is 2. The van der Waals surface area contributed by atoms with Gasteiger partial charge in [-0.25, -0.2) is 0 Å². The summed E-state index contributed by atoms with van der Waals surface area (Å²) in [7, 11) is 0. The topological polar surface area (TPSA) is 43.4 Å². The maximum Gasteiger partial charge on any atom is 0.302 e. The van der Waals surface area contributed by atoms with Crippen molar-refractivity contribution in [2.75, 3.05) is 6.61 Å². The highest BCUT2D eigenvalue weighted by molar-refractivity contribution is 6.02. The molecule has 90 valence electrons. The minimum absolute atomic E-state index is 0.0839. The van der Waals surface area contributed by atoms with Crippen LogP contribution in [0.15, 0.2) is 24.3 Å². The first-order valence-electron chi connectivity index (χ1n) is 5.79. The Hall–Kier alpha value is -1.64. The van der Waals surface area contributed by atoms with Crippen LogP contribution in [0.3, 0.4) is 0 Å². The average molecular weight is 232 g/mol. The fraction of sp³-hybridized carbons (Fsp3) is 0.429. The summed E-state index contributed by atoms with van der Waals surface area (Å²) in [4.78, 5) is 23.2. The van der Waals surface area contributed by atoms with Gasteiger partial charge < -0.3 is 4.74 Å². The molecule has 0 spiro atoms. The van der Waals surface area contributed by atoms with Crippen LogP contribution in [0.4, 0.5) is 0 Å². The van der Waals surface area contributed by atoms with Gasteiger partial charge in [0.15, 0.2) is 5.78 Å². The Kier molecular flexibility index (Phi) is 3.01. The van der Waals surface area contributed by atoms with Gasteiger partial charge in [0.1, 0.15) is 6.61 Å². The Bertz CT molecular complexity index is 464. The number of esters is 1. The molecule has 1 aromatic rings. The van der Waals surface area contributed by atoms with Crippen LogP contribution >= 0.6 is 0 Å². The first-order chi connectivity index (χ1) is 8.03. The lowest BCUT2D eigenvalue weighted by molar-refractivity contribution is -0.143. The van der Waals surface area contributed by atoms with Crippen LogP contribution in [0.2, 0.25) is 0 Å². The summed E-state index contributed by atoms with van der Waals surface area (Å²) in [5.74, 6) is -0.251. The van der Waals surface area contributed by atoms with Crippen molar-refractivity contribution in [2.24, 2.45) is 5.41 Å². The first kappa shape index (κ1) is 11.8. The number of hydrogen-bond donors (Lipinski definition) is 0. The molecule has 0 N–H and O–H groups in total. The van der Waals surface area contributed by atoms with Crippen LogP contribution < -0.4 is 0 Å². The normalized spacial score (nSPS) is 23.1. The van der Waals surface area contributed by atoms with Gasteiger partial charge in [-0.3, -0.25) is 9.59 Å². The number of Topliss-reactive ketones (excluding diaryl/α,β-unsaturated/α-hetero) is 1. The smallest absolute Gasteiger partial charge is 0.302 e. The molecule has 0 bridgehead atoms. The zero-order valence-corrected chi connectivity index (χ0v) is 10.2. The summed E-state index contributed by atoms with van der Waals surface area (Å²) in [6.45, 7) is 3.41. The molecule has 2 rings (SSSR count). The van der Waals surface area contributed by atoms with E-state index in [1.165, 1.54) is 6.92 Å². The van der Waals surface area contributed by atoms with Gasteiger partial charge in [-0.2, -0.15) is 0 Å². The van der Waals surface area contributed by atoms with Crippen molar-refractivity contribution >= 4 is 11.8 Å². The van der Waals surface area contributed by atoms with Crippen molar-refractivity contribution in [1.29, 1.82) is 0 Å². The summed E-state index contributed by atoms with van der Waals surface area (Å²) in [5, 5.41) is 0. The molecule has 1 aromatic carbocycles. The Morgan fingerprint density at radius 1 is 1.41 bits per heavy atom. The third-order valence-electron chi connectivity index (χ3n) is 3.35. The number of fused-ring (bicyclic) bond motifs is 1. The number of carbonyl (C=O) groups excluding carboxylic acids is 2. The first-order valence-corrected chi connectivity index (χ1v) is 5.79. The molecule has 1 atom stereocenters. The highest BCUT2D eigenvalue weighted by Gasteiger charge is 2.39. The minimum Gasteiger partial charge on any atom is -0.465 e. The quantitative estimate of drug-likeness (QED) is 0.735. The van der Waals surface area contributed by atoms with Gasteiger partial charge in [-0.1, -0.05) is 24.3 Å². The summed E-state index contributed by atoms with van der Waals surface area (Å²) >= 11 is 0. The molecule has 1 unspecified atom stereocenters. The second-order valence-corrected chi connectivity index (χ2v) is 4.83. The van der Waals surface area contributed by atoms with Crippen molar-refractivity contribution in [2.45, 2.75) is 26.7 Å². The van der Waals surface area contributed by atoms with Crippen LogP contribution in [-0.4, -0.2) is 18.4 Å². The summed E-state index contributed by atoms with van der Waals surface area (Å²) in [5.41, 5.74) is 1.30. The lowest BCUT2D eigenvalue weighted by atomic mass is 9.72. The molecule has 0 heterocycles. The molecule has 0 fully saturated rings. The van der Waals surface area contributed by atoms with E-state index in [1.54, 1.807) is 0 Å². The molecule has 3 nitrogen and oxygen atoms in total. The highest BCUT2D eigenvalue weighted by atomic mass is 16.5. The molecule has 0 radical (unpaired) electrons. The molecule has 0 amide bonds. The second-order valence-electron chi connectivity index (χ2n) is 4.83. The third kappa shape index (κ3) is 2.23. The average Bonchev–Trinajstić information content (AvgIpc) is 2.32. The lowest BCUT2D eigenvalue weighted by Gasteiger charge is -2.32. The second kappa shape index (κ2) is 4.32. The Labute approximate surface area is 101 Å². The number of carbonyl (C=O) groups is 2. The number of hydrogen-bond acceptors (Lipinski definition) is 3. The number of aryl methyl sites for hydroxylation is 1. The molecule has 0 saturated heterocycles. The number of ether oxygens (including phenoxy) is 1. The highest BCUT2D eigenvalue weighted by Crippen LogP contribution is 2.35. The molecule has 1 aliphatic rings. The molecular formula is C14H16O3. The van der Waals surface area contributed by atoms with Crippen LogP contribution in [0.25, 0.3) is 0 Å². The SMILES string of the molecule is CC(=O)OCC1(C)CCc2ccccc2C1=O. The van der Waals surface area contributed by atoms with Gasteiger partial charge in [-0.05, 0) is 25.3 Å². The molecule has 0 aromatic heterocycles. The minimum atomic E-state index is -0.569. The van der Waals surface area contributed by atoms with Crippen LogP contribution in [0.5, 0.6) is 0 Å². The van der Waals surface area contributed by atoms with Gasteiger partial charge in [0.25, 0.3) is 0 Å². The zero-order chi connectivity index (χ0) is 12.5. The van der Waals surface area contributed by atoms with E-state index in [0.717, 1.165) is 24.0 Å². The molecule has 3 heteroatoms. The van der Waals surface area contributed by atoms with E-state index in [0.29, 0.717) is 0 Å².